The quantitative estimate of drug-likeness (QED) is 0.820. The molecule has 25 heavy (non-hydrogen) atoms. The van der Waals surface area contributed by atoms with Gasteiger partial charge in [0.2, 0.25) is 0 Å². The van der Waals surface area contributed by atoms with E-state index in [1.807, 2.05) is 6.07 Å². The minimum atomic E-state index is -0.261. The highest BCUT2D eigenvalue weighted by molar-refractivity contribution is 6.11. The first-order valence-corrected chi connectivity index (χ1v) is 9.26. The summed E-state index contributed by atoms with van der Waals surface area (Å²) in [4.78, 5) is 15.3. The van der Waals surface area contributed by atoms with Crippen LogP contribution in [-0.4, -0.2) is 53.2 Å². The molecule has 2 aromatic carbocycles. The molecule has 1 atom stereocenters. The molecule has 1 heterocycles. The number of nitrogens with zero attached hydrogens (tertiary/aromatic N) is 1. The smallest absolute Gasteiger partial charge is 0.167 e. The van der Waals surface area contributed by atoms with E-state index in [9.17, 15) is 15.0 Å². The highest BCUT2D eigenvalue weighted by Gasteiger charge is 2.31. The van der Waals surface area contributed by atoms with E-state index in [1.54, 1.807) is 0 Å². The van der Waals surface area contributed by atoms with Gasteiger partial charge in [0.15, 0.2) is 5.78 Å². The van der Waals surface area contributed by atoms with Crippen LogP contribution in [0.25, 0.3) is 10.8 Å². The van der Waals surface area contributed by atoms with Crippen LogP contribution in [0.15, 0.2) is 30.3 Å². The predicted molar refractivity (Wildman–Crippen MR) is 97.9 cm³/mol. The predicted octanol–water partition coefficient (Wildman–Crippen LogP) is 2.19. The van der Waals surface area contributed by atoms with Crippen molar-refractivity contribution in [1.29, 1.82) is 0 Å². The Labute approximate surface area is 148 Å². The van der Waals surface area contributed by atoms with Gasteiger partial charge in [-0.05, 0) is 54.1 Å². The van der Waals surface area contributed by atoms with Crippen molar-refractivity contribution in [2.24, 2.45) is 5.92 Å². The summed E-state index contributed by atoms with van der Waals surface area (Å²) in [5, 5.41) is 21.3. The second kappa shape index (κ2) is 6.87. The van der Waals surface area contributed by atoms with Gasteiger partial charge in [-0.3, -0.25) is 9.69 Å². The number of aliphatic hydroxyl groups is 2. The lowest BCUT2D eigenvalue weighted by atomic mass is 9.86. The Kier molecular flexibility index (Phi) is 4.59. The van der Waals surface area contributed by atoms with Gasteiger partial charge in [0, 0.05) is 18.0 Å². The number of piperidine rings is 1. The summed E-state index contributed by atoms with van der Waals surface area (Å²) < 4.78 is 0. The van der Waals surface area contributed by atoms with Crippen LogP contribution in [0.4, 0.5) is 0 Å². The number of hydrogen-bond donors (Lipinski definition) is 2. The van der Waals surface area contributed by atoms with Crippen molar-refractivity contribution >= 4 is 16.6 Å². The van der Waals surface area contributed by atoms with Crippen molar-refractivity contribution in [2.45, 2.75) is 31.7 Å². The van der Waals surface area contributed by atoms with Gasteiger partial charge < -0.3 is 10.2 Å². The van der Waals surface area contributed by atoms with Crippen molar-refractivity contribution < 1.29 is 15.0 Å². The Morgan fingerprint density at radius 2 is 1.88 bits per heavy atom. The molecular weight excluding hydrogens is 314 g/mol. The molecule has 2 N–H and O–H groups in total. The summed E-state index contributed by atoms with van der Waals surface area (Å²) in [5.41, 5.74) is 3.54. The maximum Gasteiger partial charge on any atom is 0.167 e. The van der Waals surface area contributed by atoms with E-state index in [2.05, 4.69) is 29.2 Å². The Balaban J connectivity index is 1.64. The number of ketones is 1. The molecule has 2 aliphatic rings. The number of benzene rings is 2. The van der Waals surface area contributed by atoms with E-state index in [-0.39, 0.29) is 31.0 Å². The SMILES string of the molecule is O=C(c1ccc2c3c(cccc13)CC2)[C@H]1CCCN(C(CO)CO)C1. The second-order valence-electron chi connectivity index (χ2n) is 7.33. The number of aryl methyl sites for hydroxylation is 2. The van der Waals surface area contributed by atoms with Crippen LogP contribution in [0.2, 0.25) is 0 Å². The first-order chi connectivity index (χ1) is 12.2. The molecule has 0 radical (unpaired) electrons. The van der Waals surface area contributed by atoms with Crippen molar-refractivity contribution in [3.05, 3.63) is 47.0 Å². The second-order valence-corrected chi connectivity index (χ2v) is 7.33. The van der Waals surface area contributed by atoms with Gasteiger partial charge in [0.1, 0.15) is 0 Å². The molecule has 0 amide bonds. The molecular formula is C21H25NO3. The fraction of sp³-hybridized carbons (Fsp3) is 0.476. The molecule has 4 rings (SSSR count). The van der Waals surface area contributed by atoms with Gasteiger partial charge >= 0.3 is 0 Å². The zero-order chi connectivity index (χ0) is 17.4. The fourth-order valence-electron chi connectivity index (χ4n) is 4.52. The molecule has 0 unspecified atom stereocenters. The number of carbonyl (C=O) groups is 1. The first-order valence-electron chi connectivity index (χ1n) is 9.26. The minimum absolute atomic E-state index is 0.0622. The molecule has 2 aromatic rings. The Bertz CT molecular complexity index is 787. The van der Waals surface area contributed by atoms with Crippen molar-refractivity contribution in [2.75, 3.05) is 26.3 Å². The van der Waals surface area contributed by atoms with E-state index >= 15 is 0 Å². The molecule has 4 heteroatoms. The summed E-state index contributed by atoms with van der Waals surface area (Å²) in [5.74, 6) is 0.141. The van der Waals surface area contributed by atoms with Gasteiger partial charge in [-0.1, -0.05) is 30.3 Å². The maximum absolute atomic E-state index is 13.2. The van der Waals surface area contributed by atoms with Gasteiger partial charge in [0.25, 0.3) is 0 Å². The van der Waals surface area contributed by atoms with E-state index in [4.69, 9.17) is 0 Å². The number of hydrogen-bond acceptors (Lipinski definition) is 4. The lowest BCUT2D eigenvalue weighted by Gasteiger charge is -2.36. The summed E-state index contributed by atoms with van der Waals surface area (Å²) in [6.07, 6.45) is 3.93. The van der Waals surface area contributed by atoms with Crippen molar-refractivity contribution in [1.82, 2.24) is 4.90 Å². The first kappa shape index (κ1) is 16.7. The van der Waals surface area contributed by atoms with E-state index < -0.39 is 0 Å². The van der Waals surface area contributed by atoms with E-state index in [1.165, 1.54) is 16.5 Å². The highest BCUT2D eigenvalue weighted by Crippen LogP contribution is 2.34. The molecule has 1 aliphatic heterocycles. The van der Waals surface area contributed by atoms with Gasteiger partial charge in [-0.15, -0.1) is 0 Å². The average molecular weight is 339 g/mol. The topological polar surface area (TPSA) is 60.8 Å². The molecule has 4 nitrogen and oxygen atoms in total. The molecule has 132 valence electrons. The third kappa shape index (κ3) is 2.88. The van der Waals surface area contributed by atoms with Crippen LogP contribution >= 0.6 is 0 Å². The van der Waals surface area contributed by atoms with Crippen molar-refractivity contribution in [3.63, 3.8) is 0 Å². The average Bonchev–Trinajstić information content (AvgIpc) is 3.08. The third-order valence-corrected chi connectivity index (χ3v) is 5.90. The fourth-order valence-corrected chi connectivity index (χ4v) is 4.52. The van der Waals surface area contributed by atoms with E-state index in [0.717, 1.165) is 43.2 Å². The lowest BCUT2D eigenvalue weighted by molar-refractivity contribution is 0.0409. The number of aliphatic hydroxyl groups excluding tert-OH is 2. The Morgan fingerprint density at radius 3 is 2.64 bits per heavy atom. The zero-order valence-corrected chi connectivity index (χ0v) is 14.4. The maximum atomic E-state index is 13.2. The summed E-state index contributed by atoms with van der Waals surface area (Å²) >= 11 is 0. The number of likely N-dealkylation sites (tertiary alicyclic amines) is 1. The standard InChI is InChI=1S/C21H25NO3/c23-12-17(13-24)22-10-2-4-16(11-22)21(25)19-9-8-15-7-6-14-3-1-5-18(19)20(14)15/h1,3,5,8-9,16-17,23-24H,2,4,6-7,10-13H2/t16-/m0/s1. The van der Waals surface area contributed by atoms with Crippen LogP contribution in [0, 0.1) is 5.92 Å². The summed E-state index contributed by atoms with van der Waals surface area (Å²) in [6.45, 7) is 1.31. The van der Waals surface area contributed by atoms with Crippen LogP contribution in [-0.2, 0) is 12.8 Å². The largest absolute Gasteiger partial charge is 0.395 e. The number of Topliss-reactive ketones (excluding diaryl/α,β-unsaturated/α-hetero) is 1. The lowest BCUT2D eigenvalue weighted by Crippen LogP contribution is -2.47. The van der Waals surface area contributed by atoms with E-state index in [0.29, 0.717) is 6.54 Å². The molecule has 1 saturated heterocycles. The monoisotopic (exact) mass is 339 g/mol. The number of carbonyl (C=O) groups excluding carboxylic acids is 1. The van der Waals surface area contributed by atoms with Crippen LogP contribution in [0.1, 0.15) is 34.3 Å². The molecule has 0 saturated carbocycles. The van der Waals surface area contributed by atoms with Gasteiger partial charge in [-0.2, -0.15) is 0 Å². The van der Waals surface area contributed by atoms with Gasteiger partial charge in [-0.25, -0.2) is 0 Å². The van der Waals surface area contributed by atoms with Gasteiger partial charge in [0.05, 0.1) is 19.3 Å². The van der Waals surface area contributed by atoms with Crippen LogP contribution in [0.3, 0.4) is 0 Å². The molecule has 0 aromatic heterocycles. The molecule has 0 bridgehead atoms. The summed E-state index contributed by atoms with van der Waals surface area (Å²) in [7, 11) is 0. The normalized spacial score (nSPS) is 20.5. The Morgan fingerprint density at radius 1 is 1.12 bits per heavy atom. The highest BCUT2D eigenvalue weighted by atomic mass is 16.3. The van der Waals surface area contributed by atoms with Crippen LogP contribution < -0.4 is 0 Å². The van der Waals surface area contributed by atoms with Crippen molar-refractivity contribution in [3.8, 4) is 0 Å². The zero-order valence-electron chi connectivity index (χ0n) is 14.4. The van der Waals surface area contributed by atoms with Crippen LogP contribution in [0.5, 0.6) is 0 Å². The Hall–Kier alpha value is -1.75. The molecule has 1 fully saturated rings. The minimum Gasteiger partial charge on any atom is -0.395 e. The molecule has 0 spiro atoms. The molecule has 1 aliphatic carbocycles. The summed E-state index contributed by atoms with van der Waals surface area (Å²) in [6, 6.07) is 10.2. The number of rotatable bonds is 5. The third-order valence-electron chi connectivity index (χ3n) is 5.90.